The molecule has 1 aromatic heterocycles. The summed E-state index contributed by atoms with van der Waals surface area (Å²) >= 11 is 1.74. The second-order valence-corrected chi connectivity index (χ2v) is 3.70. The predicted molar refractivity (Wildman–Crippen MR) is 48.2 cm³/mol. The normalized spacial score (nSPS) is 16.8. The first kappa shape index (κ1) is 7.10. The fourth-order valence-corrected chi connectivity index (χ4v) is 2.07. The van der Waals surface area contributed by atoms with Crippen molar-refractivity contribution in [3.05, 3.63) is 11.6 Å². The summed E-state index contributed by atoms with van der Waals surface area (Å²) in [5.41, 5.74) is 0. The molecule has 0 atom stereocenters. The average molecular weight is 168 g/mol. The number of anilines is 1. The maximum absolute atomic E-state index is 4.29. The maximum atomic E-state index is 4.29. The standard InChI is InChI=1S/C8H12N2S/c1-2-10(7-3-4-7)8-9-5-6-11-8/h5-7H,2-4H2,1H3. The average Bonchev–Trinajstić information content (AvgIpc) is 2.68. The van der Waals surface area contributed by atoms with E-state index in [0.717, 1.165) is 12.6 Å². The van der Waals surface area contributed by atoms with Crippen molar-refractivity contribution < 1.29 is 0 Å². The number of rotatable bonds is 3. The Kier molecular flexibility index (Phi) is 1.82. The molecule has 60 valence electrons. The first-order valence-electron chi connectivity index (χ1n) is 4.08. The van der Waals surface area contributed by atoms with Gasteiger partial charge in [-0.1, -0.05) is 0 Å². The lowest BCUT2D eigenvalue weighted by Crippen LogP contribution is -2.24. The summed E-state index contributed by atoms with van der Waals surface area (Å²) in [6.45, 7) is 3.29. The fourth-order valence-electron chi connectivity index (χ4n) is 1.29. The van der Waals surface area contributed by atoms with Gasteiger partial charge >= 0.3 is 0 Å². The van der Waals surface area contributed by atoms with Crippen LogP contribution >= 0.6 is 11.3 Å². The lowest BCUT2D eigenvalue weighted by atomic mass is 10.5. The Hall–Kier alpha value is -0.570. The van der Waals surface area contributed by atoms with Gasteiger partial charge in [0.15, 0.2) is 5.13 Å². The highest BCUT2D eigenvalue weighted by Gasteiger charge is 2.29. The minimum atomic E-state index is 0.797. The number of hydrogen-bond acceptors (Lipinski definition) is 3. The molecule has 1 aliphatic rings. The first-order valence-corrected chi connectivity index (χ1v) is 4.96. The van der Waals surface area contributed by atoms with Gasteiger partial charge in [0.05, 0.1) is 0 Å². The lowest BCUT2D eigenvalue weighted by Gasteiger charge is -2.18. The molecular formula is C8H12N2S. The van der Waals surface area contributed by atoms with Crippen molar-refractivity contribution in [2.24, 2.45) is 0 Å². The van der Waals surface area contributed by atoms with Crippen LogP contribution in [0.2, 0.25) is 0 Å². The van der Waals surface area contributed by atoms with Crippen molar-refractivity contribution in [2.45, 2.75) is 25.8 Å². The van der Waals surface area contributed by atoms with Crippen molar-refractivity contribution in [1.82, 2.24) is 4.98 Å². The number of aromatic nitrogens is 1. The van der Waals surface area contributed by atoms with Crippen molar-refractivity contribution in [3.8, 4) is 0 Å². The second-order valence-electron chi connectivity index (χ2n) is 2.83. The summed E-state index contributed by atoms with van der Waals surface area (Å²) in [5.74, 6) is 0. The van der Waals surface area contributed by atoms with Crippen molar-refractivity contribution in [1.29, 1.82) is 0 Å². The molecule has 11 heavy (non-hydrogen) atoms. The van der Waals surface area contributed by atoms with Crippen LogP contribution in [0.5, 0.6) is 0 Å². The molecule has 1 fully saturated rings. The Morgan fingerprint density at radius 3 is 3.00 bits per heavy atom. The molecule has 0 bridgehead atoms. The molecule has 0 N–H and O–H groups in total. The third kappa shape index (κ3) is 1.38. The molecule has 1 aromatic rings. The molecular weight excluding hydrogens is 156 g/mol. The summed E-state index contributed by atoms with van der Waals surface area (Å²) < 4.78 is 0. The van der Waals surface area contributed by atoms with Crippen LogP contribution in [-0.4, -0.2) is 17.6 Å². The molecule has 2 nitrogen and oxygen atoms in total. The third-order valence-corrected chi connectivity index (χ3v) is 2.80. The van der Waals surface area contributed by atoms with Gasteiger partial charge in [-0.15, -0.1) is 11.3 Å². The van der Waals surface area contributed by atoms with Crippen molar-refractivity contribution in [3.63, 3.8) is 0 Å². The zero-order valence-electron chi connectivity index (χ0n) is 6.66. The zero-order valence-corrected chi connectivity index (χ0v) is 7.47. The molecule has 0 saturated heterocycles. The molecule has 1 saturated carbocycles. The Morgan fingerprint density at radius 1 is 1.73 bits per heavy atom. The number of hydrogen-bond donors (Lipinski definition) is 0. The Balaban J connectivity index is 2.11. The summed E-state index contributed by atoms with van der Waals surface area (Å²) in [6, 6.07) is 0.797. The van der Waals surface area contributed by atoms with E-state index in [4.69, 9.17) is 0 Å². The third-order valence-electron chi connectivity index (χ3n) is 1.99. The van der Waals surface area contributed by atoms with E-state index in [2.05, 4.69) is 16.8 Å². The fraction of sp³-hybridized carbons (Fsp3) is 0.625. The van der Waals surface area contributed by atoms with Crippen LogP contribution in [0.4, 0.5) is 5.13 Å². The SMILES string of the molecule is CCN(c1nccs1)C1CC1. The van der Waals surface area contributed by atoms with Crippen LogP contribution < -0.4 is 4.90 Å². The van der Waals surface area contributed by atoms with Crippen LogP contribution in [-0.2, 0) is 0 Å². The molecule has 2 rings (SSSR count). The van der Waals surface area contributed by atoms with E-state index in [0.29, 0.717) is 0 Å². The maximum Gasteiger partial charge on any atom is 0.185 e. The molecule has 0 unspecified atom stereocenters. The van der Waals surface area contributed by atoms with E-state index in [1.165, 1.54) is 18.0 Å². The topological polar surface area (TPSA) is 16.1 Å². The quantitative estimate of drug-likeness (QED) is 0.687. The van der Waals surface area contributed by atoms with E-state index in [1.807, 2.05) is 11.6 Å². The number of nitrogens with zero attached hydrogens (tertiary/aromatic N) is 2. The first-order chi connectivity index (χ1) is 5.42. The van der Waals surface area contributed by atoms with E-state index in [-0.39, 0.29) is 0 Å². The lowest BCUT2D eigenvalue weighted by molar-refractivity contribution is 0.821. The summed E-state index contributed by atoms with van der Waals surface area (Å²) in [5, 5.41) is 3.23. The highest BCUT2D eigenvalue weighted by atomic mass is 32.1. The van der Waals surface area contributed by atoms with Crippen LogP contribution in [0.15, 0.2) is 11.6 Å². The molecule has 0 aromatic carbocycles. The van der Waals surface area contributed by atoms with Gasteiger partial charge in [-0.05, 0) is 19.8 Å². The molecule has 1 aliphatic carbocycles. The summed E-state index contributed by atoms with van der Waals surface area (Å²) in [6.07, 6.45) is 4.59. The van der Waals surface area contributed by atoms with Crippen molar-refractivity contribution >= 4 is 16.5 Å². The second kappa shape index (κ2) is 2.81. The highest BCUT2D eigenvalue weighted by Crippen LogP contribution is 2.32. The molecule has 0 aliphatic heterocycles. The van der Waals surface area contributed by atoms with Gasteiger partial charge in [0.2, 0.25) is 0 Å². The van der Waals surface area contributed by atoms with Gasteiger partial charge in [0.1, 0.15) is 0 Å². The monoisotopic (exact) mass is 168 g/mol. The van der Waals surface area contributed by atoms with E-state index in [1.54, 1.807) is 11.3 Å². The summed E-state index contributed by atoms with van der Waals surface area (Å²) in [7, 11) is 0. The Labute approximate surface area is 70.9 Å². The van der Waals surface area contributed by atoms with E-state index in [9.17, 15) is 0 Å². The van der Waals surface area contributed by atoms with E-state index >= 15 is 0 Å². The van der Waals surface area contributed by atoms with Gasteiger partial charge in [-0.3, -0.25) is 0 Å². The minimum Gasteiger partial charge on any atom is -0.345 e. The Bertz CT molecular complexity index is 216. The molecule has 3 heteroatoms. The van der Waals surface area contributed by atoms with Gasteiger partial charge in [-0.2, -0.15) is 0 Å². The zero-order chi connectivity index (χ0) is 7.68. The van der Waals surface area contributed by atoms with Crippen molar-refractivity contribution in [2.75, 3.05) is 11.4 Å². The largest absolute Gasteiger partial charge is 0.345 e. The van der Waals surface area contributed by atoms with E-state index < -0.39 is 0 Å². The highest BCUT2D eigenvalue weighted by molar-refractivity contribution is 7.13. The van der Waals surface area contributed by atoms with Gasteiger partial charge < -0.3 is 4.90 Å². The van der Waals surface area contributed by atoms with Crippen LogP contribution in [0.1, 0.15) is 19.8 Å². The molecule has 0 radical (unpaired) electrons. The number of thiazole rings is 1. The van der Waals surface area contributed by atoms with Crippen LogP contribution in [0, 0.1) is 0 Å². The molecule has 0 amide bonds. The molecule has 1 heterocycles. The molecule has 0 spiro atoms. The smallest absolute Gasteiger partial charge is 0.185 e. The predicted octanol–water partition coefficient (Wildman–Crippen LogP) is 2.13. The van der Waals surface area contributed by atoms with Gasteiger partial charge in [-0.25, -0.2) is 4.98 Å². The van der Waals surface area contributed by atoms with Gasteiger partial charge in [0.25, 0.3) is 0 Å². The Morgan fingerprint density at radius 2 is 2.55 bits per heavy atom. The van der Waals surface area contributed by atoms with Gasteiger partial charge in [0, 0.05) is 24.2 Å². The summed E-state index contributed by atoms with van der Waals surface area (Å²) in [4.78, 5) is 6.69. The minimum absolute atomic E-state index is 0.797. The van der Waals surface area contributed by atoms with Crippen LogP contribution in [0.25, 0.3) is 0 Å². The van der Waals surface area contributed by atoms with Crippen LogP contribution in [0.3, 0.4) is 0 Å².